The molecule has 0 unspecified atom stereocenters. The number of rotatable bonds is 3. The molecule has 2 aromatic rings. The first-order valence-corrected chi connectivity index (χ1v) is 6.11. The number of halogens is 4. The van der Waals surface area contributed by atoms with Crippen molar-refractivity contribution in [3.8, 4) is 5.75 Å². The predicted molar refractivity (Wildman–Crippen MR) is 70.5 cm³/mol. The Kier molecular flexibility index (Phi) is 3.99. The molecule has 100 valence electrons. The zero-order valence-electron chi connectivity index (χ0n) is 9.54. The van der Waals surface area contributed by atoms with Crippen LogP contribution in [0.5, 0.6) is 5.75 Å². The summed E-state index contributed by atoms with van der Waals surface area (Å²) in [6.07, 6.45) is -4.67. The summed E-state index contributed by atoms with van der Waals surface area (Å²) in [7, 11) is 0. The quantitative estimate of drug-likeness (QED) is 0.845. The van der Waals surface area contributed by atoms with E-state index in [4.69, 9.17) is 0 Å². The fraction of sp³-hybridized carbons (Fsp3) is 0.0769. The Labute approximate surface area is 116 Å². The number of ether oxygens (including phenoxy) is 1. The van der Waals surface area contributed by atoms with Gasteiger partial charge in [0.1, 0.15) is 5.75 Å². The van der Waals surface area contributed by atoms with E-state index in [1.165, 1.54) is 24.3 Å². The molecule has 0 amide bonds. The number of alkyl halides is 3. The van der Waals surface area contributed by atoms with Crippen LogP contribution in [0.25, 0.3) is 0 Å². The third kappa shape index (κ3) is 4.17. The van der Waals surface area contributed by atoms with Crippen molar-refractivity contribution in [3.05, 3.63) is 53.0 Å². The number of benzene rings is 2. The smallest absolute Gasteiger partial charge is 0.406 e. The van der Waals surface area contributed by atoms with Crippen LogP contribution in [-0.4, -0.2) is 6.36 Å². The molecule has 0 saturated heterocycles. The lowest BCUT2D eigenvalue weighted by Crippen LogP contribution is -2.16. The van der Waals surface area contributed by atoms with E-state index in [0.29, 0.717) is 5.69 Å². The largest absolute Gasteiger partial charge is 0.573 e. The van der Waals surface area contributed by atoms with Crippen molar-refractivity contribution in [1.29, 1.82) is 0 Å². The summed E-state index contributed by atoms with van der Waals surface area (Å²) in [5, 5.41) is 3.08. The van der Waals surface area contributed by atoms with E-state index in [0.717, 1.165) is 10.2 Å². The second kappa shape index (κ2) is 5.52. The summed E-state index contributed by atoms with van der Waals surface area (Å²) < 4.78 is 40.7. The van der Waals surface area contributed by atoms with Crippen molar-refractivity contribution in [3.63, 3.8) is 0 Å². The van der Waals surface area contributed by atoms with E-state index in [1.54, 1.807) is 0 Å². The van der Waals surface area contributed by atoms with Crippen molar-refractivity contribution in [2.45, 2.75) is 6.36 Å². The van der Waals surface area contributed by atoms with E-state index < -0.39 is 6.36 Å². The van der Waals surface area contributed by atoms with Crippen LogP contribution < -0.4 is 10.1 Å². The third-order valence-corrected chi connectivity index (χ3v) is 2.93. The molecule has 6 heteroatoms. The van der Waals surface area contributed by atoms with E-state index in [2.05, 4.69) is 26.0 Å². The summed E-state index contributed by atoms with van der Waals surface area (Å²) in [5.74, 6) is -0.245. The summed E-state index contributed by atoms with van der Waals surface area (Å²) in [4.78, 5) is 0. The van der Waals surface area contributed by atoms with E-state index in [9.17, 15) is 13.2 Å². The Hall–Kier alpha value is -1.69. The zero-order chi connectivity index (χ0) is 13.9. The molecule has 0 fully saturated rings. The van der Waals surface area contributed by atoms with Crippen LogP contribution >= 0.6 is 15.9 Å². The highest BCUT2D eigenvalue weighted by Gasteiger charge is 2.30. The van der Waals surface area contributed by atoms with Crippen molar-refractivity contribution in [2.24, 2.45) is 0 Å². The van der Waals surface area contributed by atoms with E-state index in [-0.39, 0.29) is 5.75 Å². The SMILES string of the molecule is FC(F)(F)Oc1ccc(Nc2ccccc2Br)cc1. The molecule has 19 heavy (non-hydrogen) atoms. The summed E-state index contributed by atoms with van der Waals surface area (Å²) in [5.41, 5.74) is 1.49. The molecule has 0 atom stereocenters. The first-order chi connectivity index (χ1) is 8.94. The van der Waals surface area contributed by atoms with Crippen molar-refractivity contribution < 1.29 is 17.9 Å². The molecule has 2 nitrogen and oxygen atoms in total. The van der Waals surface area contributed by atoms with Crippen LogP contribution in [-0.2, 0) is 0 Å². The van der Waals surface area contributed by atoms with Gasteiger partial charge < -0.3 is 10.1 Å². The molecule has 2 rings (SSSR count). The molecule has 0 saturated carbocycles. The fourth-order valence-electron chi connectivity index (χ4n) is 1.46. The van der Waals surface area contributed by atoms with E-state index in [1.807, 2.05) is 24.3 Å². The number of anilines is 2. The van der Waals surface area contributed by atoms with Gasteiger partial charge in [-0.15, -0.1) is 13.2 Å². The number of hydrogen-bond donors (Lipinski definition) is 1. The molecule has 0 aliphatic rings. The Morgan fingerprint density at radius 1 is 0.947 bits per heavy atom. The van der Waals surface area contributed by atoms with Crippen LogP contribution in [0.1, 0.15) is 0 Å². The third-order valence-electron chi connectivity index (χ3n) is 2.24. The predicted octanol–water partition coefficient (Wildman–Crippen LogP) is 5.09. The maximum atomic E-state index is 12.0. The Bertz CT molecular complexity index is 555. The lowest BCUT2D eigenvalue weighted by molar-refractivity contribution is -0.274. The topological polar surface area (TPSA) is 21.3 Å². The monoisotopic (exact) mass is 331 g/mol. The summed E-state index contributed by atoms with van der Waals surface area (Å²) in [6.45, 7) is 0. The van der Waals surface area contributed by atoms with Gasteiger partial charge in [0.25, 0.3) is 0 Å². The summed E-state index contributed by atoms with van der Waals surface area (Å²) in [6, 6.07) is 13.0. The average molecular weight is 332 g/mol. The maximum absolute atomic E-state index is 12.0. The highest BCUT2D eigenvalue weighted by atomic mass is 79.9. The molecule has 2 aromatic carbocycles. The Morgan fingerprint density at radius 2 is 1.58 bits per heavy atom. The number of para-hydroxylation sites is 1. The van der Waals surface area contributed by atoms with Gasteiger partial charge in [-0.2, -0.15) is 0 Å². The second-order valence-corrected chi connectivity index (χ2v) is 4.53. The molecular weight excluding hydrogens is 323 g/mol. The number of nitrogens with one attached hydrogen (secondary N) is 1. The van der Waals surface area contributed by atoms with Crippen LogP contribution in [0.4, 0.5) is 24.5 Å². The van der Waals surface area contributed by atoms with Crippen molar-refractivity contribution in [1.82, 2.24) is 0 Å². The molecule has 0 heterocycles. The maximum Gasteiger partial charge on any atom is 0.573 e. The first kappa shape index (κ1) is 13.7. The molecule has 0 aromatic heterocycles. The minimum absolute atomic E-state index is 0.245. The van der Waals surface area contributed by atoms with Crippen LogP contribution in [0.2, 0.25) is 0 Å². The molecule has 0 radical (unpaired) electrons. The average Bonchev–Trinajstić information content (AvgIpc) is 2.33. The van der Waals surface area contributed by atoms with Gasteiger partial charge in [-0.05, 0) is 52.3 Å². The van der Waals surface area contributed by atoms with Gasteiger partial charge in [-0.1, -0.05) is 12.1 Å². The van der Waals surface area contributed by atoms with E-state index >= 15 is 0 Å². The Morgan fingerprint density at radius 3 is 2.16 bits per heavy atom. The van der Waals surface area contributed by atoms with Crippen LogP contribution in [0.15, 0.2) is 53.0 Å². The molecule has 0 bridgehead atoms. The fourth-order valence-corrected chi connectivity index (χ4v) is 1.84. The highest BCUT2D eigenvalue weighted by Crippen LogP contribution is 2.28. The zero-order valence-corrected chi connectivity index (χ0v) is 11.1. The van der Waals surface area contributed by atoms with Gasteiger partial charge in [-0.3, -0.25) is 0 Å². The van der Waals surface area contributed by atoms with Gasteiger partial charge >= 0.3 is 6.36 Å². The Balaban J connectivity index is 2.09. The minimum Gasteiger partial charge on any atom is -0.406 e. The number of hydrogen-bond acceptors (Lipinski definition) is 2. The molecular formula is C13H9BrF3NO. The molecule has 0 aliphatic heterocycles. The van der Waals surface area contributed by atoms with Gasteiger partial charge in [0, 0.05) is 10.2 Å². The van der Waals surface area contributed by atoms with Crippen LogP contribution in [0.3, 0.4) is 0 Å². The minimum atomic E-state index is -4.67. The van der Waals surface area contributed by atoms with Gasteiger partial charge in [0.15, 0.2) is 0 Å². The lowest BCUT2D eigenvalue weighted by Gasteiger charge is -2.11. The lowest BCUT2D eigenvalue weighted by atomic mass is 10.2. The van der Waals surface area contributed by atoms with Crippen LogP contribution in [0, 0.1) is 0 Å². The second-order valence-electron chi connectivity index (χ2n) is 3.68. The van der Waals surface area contributed by atoms with Gasteiger partial charge in [-0.25, -0.2) is 0 Å². The van der Waals surface area contributed by atoms with Gasteiger partial charge in [0.05, 0.1) is 5.69 Å². The molecule has 0 aliphatic carbocycles. The molecule has 0 spiro atoms. The van der Waals surface area contributed by atoms with Crippen molar-refractivity contribution >= 4 is 27.3 Å². The normalized spacial score (nSPS) is 11.2. The highest BCUT2D eigenvalue weighted by molar-refractivity contribution is 9.10. The standard InChI is InChI=1S/C13H9BrF3NO/c14-11-3-1-2-4-12(11)18-9-5-7-10(8-6-9)19-13(15,16)17/h1-8,18H. The first-order valence-electron chi connectivity index (χ1n) is 5.31. The molecule has 1 N–H and O–H groups in total. The van der Waals surface area contributed by atoms with Crippen molar-refractivity contribution in [2.75, 3.05) is 5.32 Å². The summed E-state index contributed by atoms with van der Waals surface area (Å²) >= 11 is 3.37. The van der Waals surface area contributed by atoms with Gasteiger partial charge in [0.2, 0.25) is 0 Å².